The highest BCUT2D eigenvalue weighted by Crippen LogP contribution is 2.69. The summed E-state index contributed by atoms with van der Waals surface area (Å²) in [6.07, 6.45) is 6.89. The van der Waals surface area contributed by atoms with Crippen LogP contribution in [0.3, 0.4) is 0 Å². The van der Waals surface area contributed by atoms with Gasteiger partial charge in [-0.25, -0.2) is 4.98 Å². The summed E-state index contributed by atoms with van der Waals surface area (Å²) in [5, 5.41) is 9.37. The zero-order valence-corrected chi connectivity index (χ0v) is 26.9. The molecule has 11 rings (SSSR count). The number of pyridine rings is 1. The Morgan fingerprint density at radius 1 is 0.479 bits per heavy atom. The molecule has 0 amide bonds. The summed E-state index contributed by atoms with van der Waals surface area (Å²) in [6, 6.07) is 50.7. The largest absolute Gasteiger partial charge is 0.248 e. The minimum Gasteiger partial charge on any atom is -0.248 e. The molecule has 4 fully saturated rings. The maximum Gasteiger partial charge on any atom is 0.0991 e. The molecule has 2 heteroatoms. The van der Waals surface area contributed by atoms with Crippen molar-refractivity contribution in [2.75, 3.05) is 0 Å². The number of hydrogen-bond acceptors (Lipinski definition) is 2. The third-order valence-corrected chi connectivity index (χ3v) is 12.3. The first-order valence-electron chi connectivity index (χ1n) is 17.6. The lowest BCUT2D eigenvalue weighted by Crippen LogP contribution is -2.55. The monoisotopic (exact) mass is 616 g/mol. The third kappa shape index (κ3) is 4.13. The van der Waals surface area contributed by atoms with E-state index in [1.54, 1.807) is 11.1 Å². The van der Waals surface area contributed by atoms with E-state index in [0.717, 1.165) is 34.4 Å². The average molecular weight is 617 g/mol. The highest BCUT2D eigenvalue weighted by Gasteiger charge is 2.61. The second-order valence-corrected chi connectivity index (χ2v) is 14.7. The van der Waals surface area contributed by atoms with E-state index < -0.39 is 0 Å². The molecule has 0 aliphatic heterocycles. The van der Waals surface area contributed by atoms with E-state index in [0.29, 0.717) is 17.4 Å². The lowest BCUT2D eigenvalue weighted by atomic mass is 9.43. The zero-order valence-electron chi connectivity index (χ0n) is 26.9. The van der Waals surface area contributed by atoms with Crippen molar-refractivity contribution in [3.05, 3.63) is 150 Å². The van der Waals surface area contributed by atoms with Crippen LogP contribution in [0.1, 0.15) is 48.8 Å². The maximum absolute atomic E-state index is 9.37. The Bertz CT molecular complexity index is 2160. The van der Waals surface area contributed by atoms with E-state index >= 15 is 0 Å². The van der Waals surface area contributed by atoms with Gasteiger partial charge in [0.05, 0.1) is 23.0 Å². The molecule has 5 aliphatic rings. The van der Waals surface area contributed by atoms with E-state index in [1.165, 1.54) is 65.5 Å². The molecular formula is C46H36N2. The number of aromatic nitrogens is 1. The summed E-state index contributed by atoms with van der Waals surface area (Å²) < 4.78 is 0. The van der Waals surface area contributed by atoms with Crippen molar-refractivity contribution in [1.82, 2.24) is 4.98 Å². The van der Waals surface area contributed by atoms with Crippen LogP contribution in [0.25, 0.3) is 55.9 Å². The molecule has 4 saturated carbocycles. The van der Waals surface area contributed by atoms with Crippen LogP contribution < -0.4 is 0 Å². The van der Waals surface area contributed by atoms with Crippen LogP contribution in [0.15, 0.2) is 133 Å². The SMILES string of the molecule is N#Cc1ccc(-c2ccc3c(c2)-c2ccc(-c4cc(-c5ccccc5)nc(-c5ccccc5)c4)cc2C32C3CC4CC(C3)CC2C4)cc1. The Labute approximate surface area is 282 Å². The van der Waals surface area contributed by atoms with Gasteiger partial charge in [-0.2, -0.15) is 5.26 Å². The quantitative estimate of drug-likeness (QED) is 0.198. The summed E-state index contributed by atoms with van der Waals surface area (Å²) in [4.78, 5) is 5.18. The van der Waals surface area contributed by atoms with Crippen LogP contribution in [0, 0.1) is 35.0 Å². The van der Waals surface area contributed by atoms with Gasteiger partial charge in [-0.1, -0.05) is 97.1 Å². The van der Waals surface area contributed by atoms with Crippen molar-refractivity contribution in [3.63, 3.8) is 0 Å². The molecule has 5 aliphatic carbocycles. The molecule has 0 atom stereocenters. The van der Waals surface area contributed by atoms with Gasteiger partial charge in [0, 0.05) is 16.5 Å². The molecular weight excluding hydrogens is 581 g/mol. The predicted molar refractivity (Wildman–Crippen MR) is 194 cm³/mol. The van der Waals surface area contributed by atoms with Gasteiger partial charge < -0.3 is 0 Å². The third-order valence-electron chi connectivity index (χ3n) is 12.3. The summed E-state index contributed by atoms with van der Waals surface area (Å²) in [5.74, 6) is 3.19. The Kier molecular flexibility index (Phi) is 6.16. The molecule has 0 saturated heterocycles. The zero-order chi connectivity index (χ0) is 31.8. The average Bonchev–Trinajstić information content (AvgIpc) is 3.43. The van der Waals surface area contributed by atoms with Crippen LogP contribution in [-0.4, -0.2) is 4.98 Å². The fraction of sp³-hybridized carbons (Fsp3) is 0.217. The molecule has 2 nitrogen and oxygen atoms in total. The molecule has 4 bridgehead atoms. The molecule has 1 spiro atoms. The molecule has 0 radical (unpaired) electrons. The second-order valence-electron chi connectivity index (χ2n) is 14.7. The topological polar surface area (TPSA) is 36.7 Å². The van der Waals surface area contributed by atoms with Gasteiger partial charge in [0.15, 0.2) is 0 Å². The van der Waals surface area contributed by atoms with Crippen molar-refractivity contribution < 1.29 is 0 Å². The van der Waals surface area contributed by atoms with E-state index in [4.69, 9.17) is 4.98 Å². The summed E-state index contributed by atoms with van der Waals surface area (Å²) in [5.41, 5.74) is 15.9. The first-order valence-corrected chi connectivity index (χ1v) is 17.6. The summed E-state index contributed by atoms with van der Waals surface area (Å²) in [7, 11) is 0. The summed E-state index contributed by atoms with van der Waals surface area (Å²) >= 11 is 0. The van der Waals surface area contributed by atoms with Crippen LogP contribution in [-0.2, 0) is 5.41 Å². The van der Waals surface area contributed by atoms with E-state index in [9.17, 15) is 5.26 Å². The van der Waals surface area contributed by atoms with Gasteiger partial charge in [0.2, 0.25) is 0 Å². The van der Waals surface area contributed by atoms with E-state index in [1.807, 2.05) is 12.1 Å². The van der Waals surface area contributed by atoms with Crippen molar-refractivity contribution in [3.8, 4) is 62.0 Å². The van der Waals surface area contributed by atoms with Crippen molar-refractivity contribution in [2.45, 2.75) is 37.5 Å². The number of nitriles is 1. The second kappa shape index (κ2) is 10.6. The Balaban J connectivity index is 1.17. The molecule has 1 aromatic heterocycles. The fourth-order valence-electron chi connectivity index (χ4n) is 10.5. The maximum atomic E-state index is 9.37. The van der Waals surface area contributed by atoms with Gasteiger partial charge >= 0.3 is 0 Å². The van der Waals surface area contributed by atoms with Gasteiger partial charge in [-0.15, -0.1) is 0 Å². The van der Waals surface area contributed by atoms with Gasteiger partial charge in [0.25, 0.3) is 0 Å². The van der Waals surface area contributed by atoms with Gasteiger partial charge in [-0.3, -0.25) is 0 Å². The van der Waals surface area contributed by atoms with Crippen molar-refractivity contribution in [1.29, 1.82) is 5.26 Å². The molecule has 1 heterocycles. The highest BCUT2D eigenvalue weighted by atomic mass is 14.7. The molecule has 6 aromatic rings. The number of fused-ring (bicyclic) bond motifs is 3. The molecule has 230 valence electrons. The lowest BCUT2D eigenvalue weighted by molar-refractivity contribution is -0.0399. The van der Waals surface area contributed by atoms with E-state index in [-0.39, 0.29) is 5.41 Å². The minimum atomic E-state index is 0.0782. The number of nitrogens with zero attached hydrogens (tertiary/aromatic N) is 2. The van der Waals surface area contributed by atoms with E-state index in [2.05, 4.69) is 127 Å². The molecule has 0 N–H and O–H groups in total. The highest BCUT2D eigenvalue weighted by molar-refractivity contribution is 5.88. The van der Waals surface area contributed by atoms with Crippen LogP contribution in [0.4, 0.5) is 0 Å². The number of benzene rings is 5. The van der Waals surface area contributed by atoms with Crippen LogP contribution in [0.2, 0.25) is 0 Å². The Hall–Kier alpha value is -5.26. The van der Waals surface area contributed by atoms with Crippen LogP contribution >= 0.6 is 0 Å². The number of rotatable bonds is 4. The minimum absolute atomic E-state index is 0.0782. The Morgan fingerprint density at radius 2 is 1.04 bits per heavy atom. The molecule has 5 aromatic carbocycles. The first kappa shape index (κ1) is 27.8. The normalized spacial score (nSPS) is 24.3. The smallest absolute Gasteiger partial charge is 0.0991 e. The van der Waals surface area contributed by atoms with Gasteiger partial charge in [0.1, 0.15) is 0 Å². The van der Waals surface area contributed by atoms with Crippen LogP contribution in [0.5, 0.6) is 0 Å². The predicted octanol–water partition coefficient (Wildman–Crippen LogP) is 11.3. The van der Waals surface area contributed by atoms with Crippen molar-refractivity contribution >= 4 is 0 Å². The first-order chi connectivity index (χ1) is 23.7. The van der Waals surface area contributed by atoms with Crippen molar-refractivity contribution in [2.24, 2.45) is 23.7 Å². The number of hydrogen-bond donors (Lipinski definition) is 0. The lowest BCUT2D eigenvalue weighted by Gasteiger charge is -2.61. The fourth-order valence-corrected chi connectivity index (χ4v) is 10.5. The summed E-state index contributed by atoms with van der Waals surface area (Å²) in [6.45, 7) is 0. The molecule has 48 heavy (non-hydrogen) atoms. The van der Waals surface area contributed by atoms with Gasteiger partial charge in [-0.05, 0) is 137 Å². The Morgan fingerprint density at radius 3 is 1.65 bits per heavy atom. The molecule has 0 unspecified atom stereocenters. The standard InChI is InChI=1S/C46H36N2/c47-28-29-11-13-32(14-12-29)35-16-18-42-41(24-35)40-17-15-36(25-43(40)46(42)38-20-30-19-31(22-38)23-39(46)21-30)37-26-44(33-7-3-1-4-8-33)48-45(27-37)34-9-5-2-6-10-34/h1-18,24-27,30-31,38-39H,19-23H2.